The van der Waals surface area contributed by atoms with E-state index in [9.17, 15) is 13.8 Å². The first kappa shape index (κ1) is 33.8. The molecule has 1 unspecified atom stereocenters. The minimum Gasteiger partial charge on any atom is -0.490 e. The van der Waals surface area contributed by atoms with Crippen molar-refractivity contribution < 1.29 is 28.0 Å². The Morgan fingerprint density at radius 1 is 1.21 bits per heavy atom. The fourth-order valence-corrected chi connectivity index (χ4v) is 9.15. The van der Waals surface area contributed by atoms with E-state index < -0.39 is 27.5 Å². The van der Waals surface area contributed by atoms with Crippen molar-refractivity contribution in [3.63, 3.8) is 0 Å². The number of methoxy groups -OCH3 is 1. The van der Waals surface area contributed by atoms with E-state index >= 15 is 0 Å². The second kappa shape index (κ2) is 13.4. The van der Waals surface area contributed by atoms with Crippen LogP contribution in [0.3, 0.4) is 0 Å². The smallest absolute Gasteiger partial charge is 0.327 e. The van der Waals surface area contributed by atoms with Crippen LogP contribution in [0.1, 0.15) is 57.6 Å². The highest BCUT2D eigenvalue weighted by molar-refractivity contribution is 7.92. The quantitative estimate of drug-likeness (QED) is 0.392. The minimum absolute atomic E-state index is 0.102. The summed E-state index contributed by atoms with van der Waals surface area (Å²) in [5.41, 5.74) is 1.56. The van der Waals surface area contributed by atoms with Gasteiger partial charge < -0.3 is 24.4 Å². The fraction of sp³-hybridized carbons (Fsp3) is 0.543. The number of amides is 3. The van der Waals surface area contributed by atoms with Crippen molar-refractivity contribution in [2.24, 2.45) is 16.2 Å². The first-order valence-corrected chi connectivity index (χ1v) is 18.4. The van der Waals surface area contributed by atoms with E-state index in [2.05, 4.69) is 31.4 Å². The maximum absolute atomic E-state index is 14.7. The van der Waals surface area contributed by atoms with Crippen molar-refractivity contribution in [1.29, 1.82) is 0 Å². The van der Waals surface area contributed by atoms with Crippen molar-refractivity contribution in [2.75, 3.05) is 44.9 Å². The molecule has 2 aliphatic heterocycles. The van der Waals surface area contributed by atoms with E-state index in [1.54, 1.807) is 46.1 Å². The number of nitrogens with one attached hydrogen (secondary N) is 2. The van der Waals surface area contributed by atoms with Crippen LogP contribution in [0.5, 0.6) is 5.75 Å². The third kappa shape index (κ3) is 6.77. The summed E-state index contributed by atoms with van der Waals surface area (Å²) < 4.78 is 39.9. The maximum atomic E-state index is 14.7. The van der Waals surface area contributed by atoms with Crippen molar-refractivity contribution in [3.8, 4) is 5.75 Å². The number of rotatable bonds is 3. The Labute approximate surface area is 282 Å². The van der Waals surface area contributed by atoms with E-state index in [0.29, 0.717) is 37.3 Å². The molecule has 2 aromatic rings. The molecule has 0 saturated heterocycles. The molecule has 0 aromatic heterocycles. The summed E-state index contributed by atoms with van der Waals surface area (Å²) >= 11 is 6.44. The predicted octanol–water partition coefficient (Wildman–Crippen LogP) is 5.81. The molecule has 0 radical (unpaired) electrons. The Hall–Kier alpha value is -3.12. The molecule has 1 fully saturated rings. The van der Waals surface area contributed by atoms with Gasteiger partial charge in [0.2, 0.25) is 0 Å². The zero-order chi connectivity index (χ0) is 33.4. The van der Waals surface area contributed by atoms with Crippen LogP contribution < -0.4 is 19.7 Å². The van der Waals surface area contributed by atoms with Crippen molar-refractivity contribution in [1.82, 2.24) is 10.0 Å². The number of ether oxygens (including phenoxy) is 3. The highest BCUT2D eigenvalue weighted by Crippen LogP contribution is 2.47. The van der Waals surface area contributed by atoms with Crippen LogP contribution in [-0.4, -0.2) is 67.8 Å². The molecule has 10 nitrogen and oxygen atoms in total. The number of hydrogen-bond acceptors (Lipinski definition) is 7. The molecule has 2 aromatic carbocycles. The summed E-state index contributed by atoms with van der Waals surface area (Å²) in [5, 5.41) is 3.34. The van der Waals surface area contributed by atoms with Crippen molar-refractivity contribution in [3.05, 3.63) is 64.7 Å². The van der Waals surface area contributed by atoms with E-state index in [1.807, 2.05) is 18.2 Å². The van der Waals surface area contributed by atoms with Gasteiger partial charge in [-0.2, -0.15) is 0 Å². The molecule has 2 bridgehead atoms. The molecule has 6 rings (SSSR count). The van der Waals surface area contributed by atoms with Gasteiger partial charge in [-0.05, 0) is 106 Å². The van der Waals surface area contributed by atoms with Gasteiger partial charge in [0, 0.05) is 37.2 Å². The van der Waals surface area contributed by atoms with Gasteiger partial charge in [0.05, 0.1) is 29.9 Å². The number of hydrogen-bond donors (Lipinski definition) is 2. The SMILES string of the molecule is CCNC(=O)NS1(=O)=NC(=O)C(C)(C)OC/C=C/[C@H](OC)[C@@H]2CC[C@H]2CN2C[C@@]3(CCCc4cc(Cl)ccc43)COc3ccc1cc32. The molecule has 2 aliphatic carbocycles. The van der Waals surface area contributed by atoms with Crippen LogP contribution in [0.2, 0.25) is 5.02 Å². The lowest BCUT2D eigenvalue weighted by Crippen LogP contribution is -2.49. The van der Waals surface area contributed by atoms with Gasteiger partial charge in [-0.3, -0.25) is 4.79 Å². The number of nitrogens with zero attached hydrogens (tertiary/aromatic N) is 2. The fourth-order valence-electron chi connectivity index (χ4n) is 7.39. The summed E-state index contributed by atoms with van der Waals surface area (Å²) in [7, 11) is -2.05. The average Bonchev–Trinajstić information content (AvgIpc) is 3.17. The molecule has 1 saturated carbocycles. The Balaban J connectivity index is 1.50. The second-order valence-electron chi connectivity index (χ2n) is 13.6. The predicted molar refractivity (Wildman–Crippen MR) is 182 cm³/mol. The third-order valence-corrected chi connectivity index (χ3v) is 12.1. The molecule has 5 atom stereocenters. The van der Waals surface area contributed by atoms with E-state index in [-0.39, 0.29) is 23.0 Å². The molecule has 2 heterocycles. The Bertz CT molecular complexity index is 1690. The third-order valence-electron chi connectivity index (χ3n) is 10.1. The Kier molecular flexibility index (Phi) is 9.64. The van der Waals surface area contributed by atoms with Gasteiger partial charge in [-0.1, -0.05) is 29.8 Å². The first-order chi connectivity index (χ1) is 22.5. The topological polar surface area (TPSA) is 119 Å². The molecular weight excluding hydrogens is 640 g/mol. The maximum Gasteiger partial charge on any atom is 0.327 e. The van der Waals surface area contributed by atoms with Crippen LogP contribution in [0.15, 0.2) is 57.8 Å². The number of carbonyl (C=O) groups excluding carboxylic acids is 2. The molecule has 2 N–H and O–H groups in total. The van der Waals surface area contributed by atoms with Gasteiger partial charge in [0.25, 0.3) is 5.91 Å². The van der Waals surface area contributed by atoms with Crippen molar-refractivity contribution in [2.45, 2.75) is 74.9 Å². The number of carbonyl (C=O) groups is 2. The van der Waals surface area contributed by atoms with Gasteiger partial charge >= 0.3 is 6.03 Å². The largest absolute Gasteiger partial charge is 0.490 e. The summed E-state index contributed by atoms with van der Waals surface area (Å²) in [5.74, 6) is 0.531. The zero-order valence-electron chi connectivity index (χ0n) is 27.6. The lowest BCUT2D eigenvalue weighted by Gasteiger charge is -2.46. The molecular formula is C35H45ClN4O6S. The number of benzene rings is 2. The van der Waals surface area contributed by atoms with Crippen LogP contribution in [0, 0.1) is 11.8 Å². The summed E-state index contributed by atoms with van der Waals surface area (Å²) in [6.07, 6.45) is 8.79. The number of anilines is 1. The average molecular weight is 685 g/mol. The number of fused-ring (bicyclic) bond motifs is 4. The highest BCUT2D eigenvalue weighted by Gasteiger charge is 2.44. The van der Waals surface area contributed by atoms with Crippen LogP contribution in [0.4, 0.5) is 10.5 Å². The number of aryl methyl sites for hydroxylation is 1. The summed E-state index contributed by atoms with van der Waals surface area (Å²) in [6, 6.07) is 10.7. The Morgan fingerprint density at radius 2 is 2.04 bits per heavy atom. The summed E-state index contributed by atoms with van der Waals surface area (Å²) in [6.45, 7) is 7.25. The van der Waals surface area contributed by atoms with Gasteiger partial charge in [-0.15, -0.1) is 4.36 Å². The van der Waals surface area contributed by atoms with Crippen LogP contribution in [-0.2, 0) is 36.0 Å². The minimum atomic E-state index is -3.78. The van der Waals surface area contributed by atoms with E-state index in [0.717, 1.165) is 49.4 Å². The number of urea groups is 1. The normalized spacial score (nSPS) is 30.8. The monoisotopic (exact) mass is 684 g/mol. The Morgan fingerprint density at radius 3 is 2.79 bits per heavy atom. The highest BCUT2D eigenvalue weighted by atomic mass is 35.5. The summed E-state index contributed by atoms with van der Waals surface area (Å²) in [4.78, 5) is 28.9. The first-order valence-electron chi connectivity index (χ1n) is 16.5. The lowest BCUT2D eigenvalue weighted by atomic mass is 9.68. The van der Waals surface area contributed by atoms with Crippen LogP contribution in [0.25, 0.3) is 0 Å². The molecule has 254 valence electrons. The molecule has 4 aliphatic rings. The molecule has 47 heavy (non-hydrogen) atoms. The molecule has 3 amide bonds. The van der Waals surface area contributed by atoms with Crippen molar-refractivity contribution >= 4 is 39.1 Å². The molecule has 1 spiro atoms. The van der Waals surface area contributed by atoms with Gasteiger partial charge in [-0.25, -0.2) is 13.7 Å². The zero-order valence-corrected chi connectivity index (χ0v) is 29.1. The van der Waals surface area contributed by atoms with Gasteiger partial charge in [0.1, 0.15) is 11.4 Å². The molecule has 12 heteroatoms. The van der Waals surface area contributed by atoms with Crippen LogP contribution >= 0.6 is 11.6 Å². The second-order valence-corrected chi connectivity index (χ2v) is 15.9. The number of halogens is 1. The van der Waals surface area contributed by atoms with E-state index in [1.165, 1.54) is 11.1 Å². The standard InChI is InChI=1S/C35H45ClN4O6S/c1-5-37-33(42)39-47(43)26-12-15-31-29(19-26)40(21-35(22-45-31)16-6-8-23-18-25(36)11-14-28(23)35)20-24-10-13-27(24)30(44-4)9-7-17-46-34(2,3)32(41)38-47/h7,9,11-12,14-15,18-19,24,27,30H,5-6,8,10,13,16-17,20-22H2,1-4H3,(H2,37,38,39,41,42,43)/b9-7+/t24-,27+,30-,35-,47?/m0/s1. The van der Waals surface area contributed by atoms with Gasteiger partial charge in [0.15, 0.2) is 9.92 Å². The lowest BCUT2D eigenvalue weighted by molar-refractivity contribution is -0.137. The van der Waals surface area contributed by atoms with E-state index in [4.69, 9.17) is 25.8 Å².